The number of hydrogen-bond donors (Lipinski definition) is 1. The Morgan fingerprint density at radius 1 is 1.53 bits per heavy atom. The van der Waals surface area contributed by atoms with Gasteiger partial charge in [0.15, 0.2) is 0 Å². The van der Waals surface area contributed by atoms with Crippen LogP contribution >= 0.6 is 11.6 Å². The molecule has 1 aromatic carbocycles. The van der Waals surface area contributed by atoms with Crippen LogP contribution in [0.3, 0.4) is 0 Å². The smallest absolute Gasteiger partial charge is 0.144 e. The van der Waals surface area contributed by atoms with Crippen molar-refractivity contribution >= 4 is 17.4 Å². The Labute approximate surface area is 106 Å². The van der Waals surface area contributed by atoms with Crippen molar-refractivity contribution in [1.82, 2.24) is 0 Å². The molecule has 0 saturated heterocycles. The molecule has 0 heterocycles. The van der Waals surface area contributed by atoms with E-state index in [9.17, 15) is 4.79 Å². The van der Waals surface area contributed by atoms with Crippen molar-refractivity contribution in [3.05, 3.63) is 28.8 Å². The Morgan fingerprint density at radius 2 is 2.24 bits per heavy atom. The van der Waals surface area contributed by atoms with Gasteiger partial charge in [0.25, 0.3) is 0 Å². The molecule has 1 aliphatic carbocycles. The topological polar surface area (TPSA) is 52.3 Å². The summed E-state index contributed by atoms with van der Waals surface area (Å²) in [4.78, 5) is 12.1. The number of halogens is 1. The quantitative estimate of drug-likeness (QED) is 0.875. The lowest BCUT2D eigenvalue weighted by atomic mass is 9.95. The molecule has 17 heavy (non-hydrogen) atoms. The number of methoxy groups -OCH3 is 1. The molecule has 0 amide bonds. The summed E-state index contributed by atoms with van der Waals surface area (Å²) < 4.78 is 5.23. The molecule has 0 atom stereocenters. The molecule has 3 nitrogen and oxygen atoms in total. The molecule has 1 aliphatic rings. The molecule has 1 saturated carbocycles. The van der Waals surface area contributed by atoms with Gasteiger partial charge in [-0.2, -0.15) is 0 Å². The van der Waals surface area contributed by atoms with Crippen molar-refractivity contribution in [3.63, 3.8) is 0 Å². The van der Waals surface area contributed by atoms with E-state index in [1.54, 1.807) is 25.3 Å². The Kier molecular flexibility index (Phi) is 3.40. The van der Waals surface area contributed by atoms with E-state index in [2.05, 4.69) is 0 Å². The van der Waals surface area contributed by atoms with Gasteiger partial charge in [0.1, 0.15) is 11.5 Å². The van der Waals surface area contributed by atoms with E-state index in [0.29, 0.717) is 23.7 Å². The third kappa shape index (κ3) is 2.45. The average molecular weight is 254 g/mol. The molecule has 0 unspecified atom stereocenters. The number of carbonyl (C=O) groups is 1. The number of Topliss-reactive ketones (excluding diaryl/α,β-unsaturated/α-hetero) is 1. The summed E-state index contributed by atoms with van der Waals surface area (Å²) >= 11 is 5.93. The lowest BCUT2D eigenvalue weighted by Gasteiger charge is -2.13. The van der Waals surface area contributed by atoms with Crippen LogP contribution < -0.4 is 10.5 Å². The molecule has 4 heteroatoms. The van der Waals surface area contributed by atoms with E-state index in [4.69, 9.17) is 22.1 Å². The van der Waals surface area contributed by atoms with Crippen LogP contribution in [0.4, 0.5) is 0 Å². The molecule has 0 radical (unpaired) electrons. The van der Waals surface area contributed by atoms with Gasteiger partial charge in [-0.15, -0.1) is 0 Å². The zero-order valence-electron chi connectivity index (χ0n) is 9.83. The second-order valence-corrected chi connectivity index (χ2v) is 4.98. The van der Waals surface area contributed by atoms with E-state index >= 15 is 0 Å². The van der Waals surface area contributed by atoms with E-state index < -0.39 is 0 Å². The summed E-state index contributed by atoms with van der Waals surface area (Å²) in [5.74, 6) is 0.899. The third-order valence-corrected chi connectivity index (χ3v) is 3.66. The molecule has 1 aromatic rings. The maximum Gasteiger partial charge on any atom is 0.144 e. The number of nitrogens with two attached hydrogens (primary N) is 1. The number of ether oxygens (including phenoxy) is 1. The summed E-state index contributed by atoms with van der Waals surface area (Å²) in [6.45, 7) is 0.439. The number of hydrogen-bond acceptors (Lipinski definition) is 3. The number of ketones is 1. The summed E-state index contributed by atoms with van der Waals surface area (Å²) in [5.41, 5.74) is 6.21. The number of benzene rings is 1. The first-order chi connectivity index (χ1) is 8.11. The van der Waals surface area contributed by atoms with Crippen LogP contribution in [0.2, 0.25) is 5.02 Å². The van der Waals surface area contributed by atoms with Gasteiger partial charge in [0.2, 0.25) is 0 Å². The summed E-state index contributed by atoms with van der Waals surface area (Å²) in [6, 6.07) is 5.32. The molecule has 0 spiro atoms. The minimum Gasteiger partial charge on any atom is -0.496 e. The maximum absolute atomic E-state index is 12.1. The van der Waals surface area contributed by atoms with E-state index in [-0.39, 0.29) is 11.2 Å². The van der Waals surface area contributed by atoms with Crippen molar-refractivity contribution in [2.75, 3.05) is 13.7 Å². The van der Waals surface area contributed by atoms with Gasteiger partial charge in [0, 0.05) is 29.0 Å². The molecular weight excluding hydrogens is 238 g/mol. The fourth-order valence-corrected chi connectivity index (χ4v) is 2.19. The Bertz CT molecular complexity index is 441. The van der Waals surface area contributed by atoms with Crippen molar-refractivity contribution < 1.29 is 9.53 Å². The Balaban J connectivity index is 2.18. The van der Waals surface area contributed by atoms with Gasteiger partial charge in [0.05, 0.1) is 7.11 Å². The van der Waals surface area contributed by atoms with E-state index in [1.165, 1.54) is 0 Å². The van der Waals surface area contributed by atoms with Crippen molar-refractivity contribution in [2.24, 2.45) is 11.1 Å². The highest BCUT2D eigenvalue weighted by molar-refractivity contribution is 6.30. The van der Waals surface area contributed by atoms with E-state index in [0.717, 1.165) is 18.4 Å². The SMILES string of the molecule is COc1ccc(Cl)cc1CC(=O)C1(CN)CC1. The average Bonchev–Trinajstić information content (AvgIpc) is 3.10. The monoisotopic (exact) mass is 253 g/mol. The van der Waals surface area contributed by atoms with Crippen LogP contribution in [0.1, 0.15) is 18.4 Å². The predicted molar refractivity (Wildman–Crippen MR) is 67.4 cm³/mol. The number of rotatable bonds is 5. The summed E-state index contributed by atoms with van der Waals surface area (Å²) in [7, 11) is 1.59. The van der Waals surface area contributed by atoms with Gasteiger partial charge in [-0.25, -0.2) is 0 Å². The molecule has 0 bridgehead atoms. The first kappa shape index (κ1) is 12.4. The maximum atomic E-state index is 12.1. The van der Waals surface area contributed by atoms with Crippen molar-refractivity contribution in [3.8, 4) is 5.75 Å². The van der Waals surface area contributed by atoms with Gasteiger partial charge in [-0.05, 0) is 31.0 Å². The first-order valence-electron chi connectivity index (χ1n) is 5.67. The lowest BCUT2D eigenvalue weighted by molar-refractivity contribution is -0.123. The van der Waals surface area contributed by atoms with Gasteiger partial charge in [-0.1, -0.05) is 11.6 Å². The van der Waals surface area contributed by atoms with Gasteiger partial charge >= 0.3 is 0 Å². The summed E-state index contributed by atoms with van der Waals surface area (Å²) in [5, 5.41) is 0.617. The van der Waals surface area contributed by atoms with Crippen LogP contribution in [0.25, 0.3) is 0 Å². The normalized spacial score (nSPS) is 16.6. The zero-order valence-corrected chi connectivity index (χ0v) is 10.6. The Hall–Kier alpha value is -1.06. The van der Waals surface area contributed by atoms with Crippen LogP contribution in [-0.2, 0) is 11.2 Å². The fourth-order valence-electron chi connectivity index (χ4n) is 1.99. The third-order valence-electron chi connectivity index (χ3n) is 3.43. The zero-order chi connectivity index (χ0) is 12.5. The van der Waals surface area contributed by atoms with Crippen molar-refractivity contribution in [1.29, 1.82) is 0 Å². The minimum absolute atomic E-state index is 0.195. The lowest BCUT2D eigenvalue weighted by Crippen LogP contribution is -2.26. The highest BCUT2D eigenvalue weighted by Crippen LogP contribution is 2.46. The van der Waals surface area contributed by atoms with Crippen molar-refractivity contribution in [2.45, 2.75) is 19.3 Å². The molecule has 92 valence electrons. The van der Waals surface area contributed by atoms with Crippen LogP contribution in [-0.4, -0.2) is 19.4 Å². The molecule has 1 fully saturated rings. The van der Waals surface area contributed by atoms with Crippen LogP contribution in [0.5, 0.6) is 5.75 Å². The highest BCUT2D eigenvalue weighted by Gasteiger charge is 2.47. The molecule has 0 aromatic heterocycles. The number of carbonyl (C=O) groups excluding carboxylic acids is 1. The minimum atomic E-state index is -0.271. The summed E-state index contributed by atoms with van der Waals surface area (Å²) in [6.07, 6.45) is 2.16. The first-order valence-corrected chi connectivity index (χ1v) is 6.05. The molecule has 2 N–H and O–H groups in total. The van der Waals surface area contributed by atoms with Crippen LogP contribution in [0.15, 0.2) is 18.2 Å². The Morgan fingerprint density at radius 3 is 2.76 bits per heavy atom. The highest BCUT2D eigenvalue weighted by atomic mass is 35.5. The van der Waals surface area contributed by atoms with E-state index in [1.807, 2.05) is 0 Å². The molecule has 2 rings (SSSR count). The standard InChI is InChI=1S/C13H16ClNO2/c1-17-11-3-2-10(14)6-9(11)7-12(16)13(8-15)4-5-13/h2-3,6H,4-5,7-8,15H2,1H3. The molecular formula is C13H16ClNO2. The second-order valence-electron chi connectivity index (χ2n) is 4.54. The van der Waals surface area contributed by atoms with Gasteiger partial charge in [-0.3, -0.25) is 4.79 Å². The largest absolute Gasteiger partial charge is 0.496 e. The van der Waals surface area contributed by atoms with Gasteiger partial charge < -0.3 is 10.5 Å². The predicted octanol–water partition coefficient (Wildman–Crippen LogP) is 2.20. The second kappa shape index (κ2) is 4.67. The molecule has 0 aliphatic heterocycles. The fraction of sp³-hybridized carbons (Fsp3) is 0.462. The van der Waals surface area contributed by atoms with Crippen LogP contribution in [0, 0.1) is 5.41 Å².